The van der Waals surface area contributed by atoms with Crippen molar-refractivity contribution in [3.63, 3.8) is 0 Å². The topological polar surface area (TPSA) is 57.5 Å². The van der Waals surface area contributed by atoms with E-state index in [2.05, 4.69) is 13.8 Å². The SMILES string of the molecule is CC1(C)[C@H]2C[C@]3(CC[C@@]2(C)O)[C@H](C(=O)O)CC[C@@H]13. The smallest absolute Gasteiger partial charge is 0.307 e. The van der Waals surface area contributed by atoms with Gasteiger partial charge in [0, 0.05) is 0 Å². The number of carboxylic acids is 1. The normalized spacial score (nSPS) is 53.2. The van der Waals surface area contributed by atoms with Crippen LogP contribution in [0.3, 0.4) is 0 Å². The highest BCUT2D eigenvalue weighted by Crippen LogP contribution is 2.73. The molecule has 2 N–H and O–H groups in total. The maximum absolute atomic E-state index is 11.5. The number of hydrogen-bond donors (Lipinski definition) is 2. The lowest BCUT2D eigenvalue weighted by Crippen LogP contribution is -2.45. The molecule has 0 aromatic carbocycles. The molecule has 3 aliphatic carbocycles. The summed E-state index contributed by atoms with van der Waals surface area (Å²) in [4.78, 5) is 11.5. The summed E-state index contributed by atoms with van der Waals surface area (Å²) in [6.45, 7) is 6.44. The molecule has 3 heteroatoms. The molecule has 3 saturated carbocycles. The zero-order valence-corrected chi connectivity index (χ0v) is 11.6. The molecular weight excluding hydrogens is 228 g/mol. The molecule has 0 radical (unpaired) electrons. The number of carbonyl (C=O) groups is 1. The largest absolute Gasteiger partial charge is 0.481 e. The quantitative estimate of drug-likeness (QED) is 0.754. The third kappa shape index (κ3) is 1.26. The predicted molar refractivity (Wildman–Crippen MR) is 68.0 cm³/mol. The molecule has 18 heavy (non-hydrogen) atoms. The Hall–Kier alpha value is -0.570. The second-order valence-electron chi connectivity index (χ2n) is 7.69. The number of fused-ring (bicyclic) bond motifs is 1. The fourth-order valence-corrected chi connectivity index (χ4v) is 5.94. The Bertz CT molecular complexity index is 399. The number of aliphatic carboxylic acids is 1. The molecule has 3 fully saturated rings. The first-order chi connectivity index (χ1) is 8.22. The maximum Gasteiger partial charge on any atom is 0.307 e. The van der Waals surface area contributed by atoms with Gasteiger partial charge in [-0.05, 0) is 61.7 Å². The van der Waals surface area contributed by atoms with E-state index < -0.39 is 11.6 Å². The van der Waals surface area contributed by atoms with Crippen LogP contribution in [0.4, 0.5) is 0 Å². The molecule has 0 saturated heterocycles. The van der Waals surface area contributed by atoms with Gasteiger partial charge in [-0.15, -0.1) is 0 Å². The van der Waals surface area contributed by atoms with Crippen molar-refractivity contribution in [1.82, 2.24) is 0 Å². The van der Waals surface area contributed by atoms with Crippen LogP contribution in [0, 0.1) is 28.6 Å². The summed E-state index contributed by atoms with van der Waals surface area (Å²) in [6, 6.07) is 0. The lowest BCUT2D eigenvalue weighted by molar-refractivity contribution is -0.148. The van der Waals surface area contributed by atoms with Crippen LogP contribution in [0.25, 0.3) is 0 Å². The highest BCUT2D eigenvalue weighted by atomic mass is 16.4. The minimum atomic E-state index is -0.615. The minimum absolute atomic E-state index is 0.0256. The first-order valence-electron chi connectivity index (χ1n) is 7.17. The van der Waals surface area contributed by atoms with Gasteiger partial charge in [-0.2, -0.15) is 0 Å². The van der Waals surface area contributed by atoms with Gasteiger partial charge in [0.05, 0.1) is 11.5 Å². The van der Waals surface area contributed by atoms with Crippen molar-refractivity contribution in [2.45, 2.75) is 58.5 Å². The maximum atomic E-state index is 11.5. The minimum Gasteiger partial charge on any atom is -0.481 e. The van der Waals surface area contributed by atoms with Crippen LogP contribution in [0.5, 0.6) is 0 Å². The highest BCUT2D eigenvalue weighted by molar-refractivity contribution is 5.72. The molecular formula is C15H24O3. The molecule has 3 aliphatic rings. The molecule has 5 atom stereocenters. The summed E-state index contributed by atoms with van der Waals surface area (Å²) in [5, 5.41) is 20.1. The average molecular weight is 252 g/mol. The van der Waals surface area contributed by atoms with E-state index in [1.807, 2.05) is 6.92 Å². The number of rotatable bonds is 1. The van der Waals surface area contributed by atoms with Crippen LogP contribution in [0.15, 0.2) is 0 Å². The van der Waals surface area contributed by atoms with Gasteiger partial charge >= 0.3 is 5.97 Å². The van der Waals surface area contributed by atoms with Crippen molar-refractivity contribution >= 4 is 5.97 Å². The monoisotopic (exact) mass is 252 g/mol. The third-order valence-corrected chi connectivity index (χ3v) is 6.66. The summed E-state index contributed by atoms with van der Waals surface area (Å²) in [5.41, 5.74) is -0.561. The molecule has 3 rings (SSSR count). The second-order valence-corrected chi connectivity index (χ2v) is 7.69. The molecule has 1 spiro atoms. The van der Waals surface area contributed by atoms with Gasteiger partial charge in [0.1, 0.15) is 0 Å². The number of aliphatic hydroxyl groups is 1. The van der Waals surface area contributed by atoms with Crippen LogP contribution < -0.4 is 0 Å². The van der Waals surface area contributed by atoms with Crippen LogP contribution in [-0.4, -0.2) is 21.8 Å². The Labute approximate surface area is 109 Å². The van der Waals surface area contributed by atoms with Gasteiger partial charge in [-0.25, -0.2) is 0 Å². The zero-order valence-electron chi connectivity index (χ0n) is 11.6. The van der Waals surface area contributed by atoms with Crippen LogP contribution in [0.1, 0.15) is 52.9 Å². The molecule has 2 bridgehead atoms. The fourth-order valence-electron chi connectivity index (χ4n) is 5.94. The summed E-state index contributed by atoms with van der Waals surface area (Å²) in [5.74, 6) is -0.0608. The predicted octanol–water partition coefficient (Wildman–Crippen LogP) is 2.67. The number of hydrogen-bond acceptors (Lipinski definition) is 2. The van der Waals surface area contributed by atoms with E-state index in [-0.39, 0.29) is 22.7 Å². The van der Waals surface area contributed by atoms with Crippen molar-refractivity contribution in [3.8, 4) is 0 Å². The second kappa shape index (κ2) is 3.30. The summed E-state index contributed by atoms with van der Waals surface area (Å²) in [6.07, 6.45) is 4.42. The van der Waals surface area contributed by atoms with Crippen molar-refractivity contribution in [3.05, 3.63) is 0 Å². The Morgan fingerprint density at radius 2 is 1.78 bits per heavy atom. The lowest BCUT2D eigenvalue weighted by atomic mass is 9.64. The Kier molecular flexibility index (Phi) is 2.28. The van der Waals surface area contributed by atoms with E-state index in [0.717, 1.165) is 32.1 Å². The Morgan fingerprint density at radius 3 is 2.39 bits per heavy atom. The standard InChI is InChI=1S/C15H24O3/c1-13(2)10-5-4-9(12(16)17)15(10)7-6-14(3,18)11(13)8-15/h9-11,18H,4-8H2,1-3H3,(H,16,17)/t9-,10-,11+,14+,15+/m0/s1. The average Bonchev–Trinajstić information content (AvgIpc) is 2.69. The molecule has 0 aliphatic heterocycles. The van der Waals surface area contributed by atoms with Crippen molar-refractivity contribution < 1.29 is 15.0 Å². The van der Waals surface area contributed by atoms with E-state index in [0.29, 0.717) is 5.92 Å². The van der Waals surface area contributed by atoms with Gasteiger partial charge < -0.3 is 10.2 Å². The van der Waals surface area contributed by atoms with E-state index in [1.54, 1.807) is 0 Å². The zero-order chi connectivity index (χ0) is 13.3. The van der Waals surface area contributed by atoms with Gasteiger partial charge in [0.2, 0.25) is 0 Å². The third-order valence-electron chi connectivity index (χ3n) is 6.66. The summed E-state index contributed by atoms with van der Waals surface area (Å²) >= 11 is 0. The number of carboxylic acid groups (broad SMARTS) is 1. The molecule has 0 heterocycles. The van der Waals surface area contributed by atoms with E-state index in [1.165, 1.54) is 0 Å². The molecule has 3 nitrogen and oxygen atoms in total. The molecule has 0 unspecified atom stereocenters. The highest BCUT2D eigenvalue weighted by Gasteiger charge is 2.69. The molecule has 102 valence electrons. The van der Waals surface area contributed by atoms with Gasteiger partial charge in [0.25, 0.3) is 0 Å². The fraction of sp³-hybridized carbons (Fsp3) is 0.933. The summed E-state index contributed by atoms with van der Waals surface area (Å²) in [7, 11) is 0. The van der Waals surface area contributed by atoms with Crippen LogP contribution in [0.2, 0.25) is 0 Å². The van der Waals surface area contributed by atoms with Crippen LogP contribution in [-0.2, 0) is 4.79 Å². The first-order valence-corrected chi connectivity index (χ1v) is 7.17. The lowest BCUT2D eigenvalue weighted by Gasteiger charge is -2.44. The first kappa shape index (κ1) is 12.5. The van der Waals surface area contributed by atoms with Crippen molar-refractivity contribution in [2.24, 2.45) is 28.6 Å². The van der Waals surface area contributed by atoms with Crippen molar-refractivity contribution in [2.75, 3.05) is 0 Å². The van der Waals surface area contributed by atoms with Gasteiger partial charge in [-0.3, -0.25) is 4.79 Å². The van der Waals surface area contributed by atoms with Crippen molar-refractivity contribution in [1.29, 1.82) is 0 Å². The van der Waals surface area contributed by atoms with Gasteiger partial charge in [-0.1, -0.05) is 13.8 Å². The Morgan fingerprint density at radius 1 is 1.11 bits per heavy atom. The molecule has 0 aromatic heterocycles. The van der Waals surface area contributed by atoms with E-state index in [9.17, 15) is 15.0 Å². The van der Waals surface area contributed by atoms with Crippen LogP contribution >= 0.6 is 0 Å². The molecule has 0 amide bonds. The molecule has 0 aromatic rings. The van der Waals surface area contributed by atoms with E-state index >= 15 is 0 Å². The van der Waals surface area contributed by atoms with E-state index in [4.69, 9.17) is 0 Å². The Balaban J connectivity index is 2.06. The van der Waals surface area contributed by atoms with Gasteiger partial charge in [0.15, 0.2) is 0 Å². The summed E-state index contributed by atoms with van der Waals surface area (Å²) < 4.78 is 0.